The highest BCUT2D eigenvalue weighted by Gasteiger charge is 2.33. The Balaban J connectivity index is 1.74. The van der Waals surface area contributed by atoms with E-state index in [4.69, 9.17) is 28.2 Å². The van der Waals surface area contributed by atoms with Gasteiger partial charge in [0, 0.05) is 12.7 Å². The fourth-order valence-electron chi connectivity index (χ4n) is 3.89. The maximum Gasteiger partial charge on any atom is 0.284 e. The molecule has 0 radical (unpaired) electrons. The van der Waals surface area contributed by atoms with Crippen molar-refractivity contribution in [3.05, 3.63) is 63.8 Å². The third-order valence-electron chi connectivity index (χ3n) is 5.14. The number of fused-ring (bicyclic) bond motifs is 1. The number of para-hydroxylation sites is 1. The van der Waals surface area contributed by atoms with Crippen molar-refractivity contribution in [1.29, 1.82) is 0 Å². The number of anilines is 3. The second-order valence-corrected chi connectivity index (χ2v) is 7.40. The van der Waals surface area contributed by atoms with Crippen LogP contribution in [0.25, 0.3) is 11.2 Å². The third-order valence-corrected chi connectivity index (χ3v) is 5.45. The number of rotatable bonds is 3. The highest BCUT2D eigenvalue weighted by Crippen LogP contribution is 2.34. The van der Waals surface area contributed by atoms with Crippen LogP contribution in [0.1, 0.15) is 24.7 Å². The SMILES string of the molecule is Nc1nc(N)nc(N2CCC[C@H]2c2nn3ccc(Cl)c3c(=O)n2-c2ccccc2)n1. The zero-order valence-electron chi connectivity index (χ0n) is 15.8. The van der Waals surface area contributed by atoms with Crippen molar-refractivity contribution in [1.82, 2.24) is 29.1 Å². The zero-order chi connectivity index (χ0) is 20.8. The maximum absolute atomic E-state index is 13.5. The molecule has 0 aliphatic carbocycles. The van der Waals surface area contributed by atoms with Gasteiger partial charge in [-0.15, -0.1) is 0 Å². The van der Waals surface area contributed by atoms with Crippen molar-refractivity contribution in [2.45, 2.75) is 18.9 Å². The van der Waals surface area contributed by atoms with Crippen molar-refractivity contribution in [2.24, 2.45) is 0 Å². The number of nitrogen functional groups attached to an aromatic ring is 2. The molecular weight excluding hydrogens is 406 g/mol. The van der Waals surface area contributed by atoms with Gasteiger partial charge in [0.25, 0.3) is 5.56 Å². The molecule has 4 aromatic rings. The summed E-state index contributed by atoms with van der Waals surface area (Å²) < 4.78 is 3.12. The minimum atomic E-state index is -0.260. The second kappa shape index (κ2) is 6.99. The molecule has 1 aromatic carbocycles. The molecule has 1 saturated heterocycles. The number of nitrogens with zero attached hydrogens (tertiary/aromatic N) is 7. The van der Waals surface area contributed by atoms with Gasteiger partial charge < -0.3 is 16.4 Å². The van der Waals surface area contributed by atoms with E-state index in [-0.39, 0.29) is 23.5 Å². The fraction of sp³-hybridized carbons (Fsp3) is 0.211. The Morgan fingerprint density at radius 3 is 2.50 bits per heavy atom. The number of aromatic nitrogens is 6. The topological polar surface area (TPSA) is 133 Å². The fourth-order valence-corrected chi connectivity index (χ4v) is 4.11. The average Bonchev–Trinajstić information content (AvgIpc) is 3.35. The highest BCUT2D eigenvalue weighted by molar-refractivity contribution is 6.33. The summed E-state index contributed by atoms with van der Waals surface area (Å²) in [6.07, 6.45) is 3.30. The van der Waals surface area contributed by atoms with Gasteiger partial charge in [-0.2, -0.15) is 20.1 Å². The Morgan fingerprint density at radius 2 is 1.77 bits per heavy atom. The molecule has 152 valence electrons. The van der Waals surface area contributed by atoms with Crippen LogP contribution in [0.5, 0.6) is 0 Å². The molecule has 30 heavy (non-hydrogen) atoms. The summed E-state index contributed by atoms with van der Waals surface area (Å²) in [5, 5.41) is 5.11. The minimum Gasteiger partial charge on any atom is -0.368 e. The van der Waals surface area contributed by atoms with E-state index in [2.05, 4.69) is 15.0 Å². The summed E-state index contributed by atoms with van der Waals surface area (Å²) in [6, 6.07) is 10.7. The van der Waals surface area contributed by atoms with E-state index in [0.717, 1.165) is 12.8 Å². The number of benzene rings is 1. The van der Waals surface area contributed by atoms with E-state index in [0.29, 0.717) is 34.5 Å². The third kappa shape index (κ3) is 2.92. The molecule has 4 N–H and O–H groups in total. The molecule has 11 heteroatoms. The lowest BCUT2D eigenvalue weighted by Gasteiger charge is -2.26. The molecule has 10 nitrogen and oxygen atoms in total. The number of halogens is 1. The van der Waals surface area contributed by atoms with Crippen molar-refractivity contribution >= 4 is 35.0 Å². The van der Waals surface area contributed by atoms with Crippen LogP contribution in [-0.4, -0.2) is 35.7 Å². The summed E-state index contributed by atoms with van der Waals surface area (Å²) in [4.78, 5) is 27.7. The Hall–Kier alpha value is -3.66. The Bertz CT molecular complexity index is 1280. The molecule has 1 aliphatic heterocycles. The quantitative estimate of drug-likeness (QED) is 0.509. The molecule has 1 aliphatic rings. The molecule has 0 spiro atoms. The molecule has 1 atom stereocenters. The van der Waals surface area contributed by atoms with Crippen molar-refractivity contribution in [3.8, 4) is 5.69 Å². The Labute approximate surface area is 175 Å². The number of hydrogen-bond donors (Lipinski definition) is 2. The van der Waals surface area contributed by atoms with Crippen LogP contribution < -0.4 is 21.9 Å². The number of hydrogen-bond acceptors (Lipinski definition) is 8. The average molecular weight is 424 g/mol. The van der Waals surface area contributed by atoms with Crippen LogP contribution in [-0.2, 0) is 0 Å². The lowest BCUT2D eigenvalue weighted by Crippen LogP contribution is -2.33. The van der Waals surface area contributed by atoms with Crippen molar-refractivity contribution < 1.29 is 0 Å². The molecule has 0 bridgehead atoms. The first-order valence-corrected chi connectivity index (χ1v) is 9.79. The summed E-state index contributed by atoms with van der Waals surface area (Å²) in [7, 11) is 0. The van der Waals surface area contributed by atoms with Crippen molar-refractivity contribution in [3.63, 3.8) is 0 Å². The van der Waals surface area contributed by atoms with E-state index >= 15 is 0 Å². The van der Waals surface area contributed by atoms with Gasteiger partial charge in [-0.25, -0.2) is 4.52 Å². The Kier molecular flexibility index (Phi) is 4.28. The van der Waals surface area contributed by atoms with E-state index in [1.807, 2.05) is 35.2 Å². The standard InChI is InChI=1S/C19H18ClN9O/c20-12-8-10-28-14(12)16(30)29(11-5-2-1-3-6-11)15(26-28)13-7-4-9-27(13)19-24-17(21)23-18(22)25-19/h1-3,5-6,8,10,13H,4,7,9H2,(H4,21,22,23,24,25)/t13-/m0/s1. The van der Waals surface area contributed by atoms with Gasteiger partial charge in [-0.1, -0.05) is 29.8 Å². The molecule has 3 aromatic heterocycles. The molecule has 1 fully saturated rings. The largest absolute Gasteiger partial charge is 0.368 e. The molecular formula is C19H18ClN9O. The normalized spacial score (nSPS) is 16.4. The van der Waals surface area contributed by atoms with Gasteiger partial charge in [0.1, 0.15) is 5.52 Å². The lowest BCUT2D eigenvalue weighted by atomic mass is 10.2. The van der Waals surface area contributed by atoms with E-state index in [1.54, 1.807) is 16.8 Å². The monoisotopic (exact) mass is 423 g/mol. The first-order chi connectivity index (χ1) is 14.5. The van der Waals surface area contributed by atoms with Gasteiger partial charge >= 0.3 is 0 Å². The predicted molar refractivity (Wildman–Crippen MR) is 114 cm³/mol. The minimum absolute atomic E-state index is 0.0456. The van der Waals surface area contributed by atoms with E-state index < -0.39 is 0 Å². The molecule has 0 saturated carbocycles. The van der Waals surface area contributed by atoms with Gasteiger partial charge in [0.05, 0.1) is 16.8 Å². The maximum atomic E-state index is 13.5. The first-order valence-electron chi connectivity index (χ1n) is 9.42. The van der Waals surface area contributed by atoms with Crippen LogP contribution in [0, 0.1) is 0 Å². The molecule has 0 amide bonds. The van der Waals surface area contributed by atoms with Crippen LogP contribution in [0.15, 0.2) is 47.4 Å². The number of nitrogens with two attached hydrogens (primary N) is 2. The van der Waals surface area contributed by atoms with Crippen LogP contribution in [0.2, 0.25) is 5.02 Å². The van der Waals surface area contributed by atoms with E-state index in [1.165, 1.54) is 4.52 Å². The van der Waals surface area contributed by atoms with Gasteiger partial charge in [0.2, 0.25) is 17.8 Å². The summed E-state index contributed by atoms with van der Waals surface area (Å²) >= 11 is 6.27. The smallest absolute Gasteiger partial charge is 0.284 e. The first kappa shape index (κ1) is 18.4. The highest BCUT2D eigenvalue weighted by atomic mass is 35.5. The van der Waals surface area contributed by atoms with Gasteiger partial charge in [0.15, 0.2) is 5.82 Å². The zero-order valence-corrected chi connectivity index (χ0v) is 16.6. The Morgan fingerprint density at radius 1 is 1.03 bits per heavy atom. The van der Waals surface area contributed by atoms with E-state index in [9.17, 15) is 4.79 Å². The van der Waals surface area contributed by atoms with Gasteiger partial charge in [-0.05, 0) is 31.0 Å². The summed E-state index contributed by atoms with van der Waals surface area (Å²) in [5.41, 5.74) is 12.3. The van der Waals surface area contributed by atoms with Crippen LogP contribution >= 0.6 is 11.6 Å². The summed E-state index contributed by atoms with van der Waals surface area (Å²) in [5.74, 6) is 1.01. The lowest BCUT2D eigenvalue weighted by molar-refractivity contribution is 0.597. The van der Waals surface area contributed by atoms with Crippen molar-refractivity contribution in [2.75, 3.05) is 22.9 Å². The molecule has 0 unspecified atom stereocenters. The van der Waals surface area contributed by atoms with Crippen LogP contribution in [0.3, 0.4) is 0 Å². The predicted octanol–water partition coefficient (Wildman–Crippen LogP) is 1.83. The van der Waals surface area contributed by atoms with Crippen LogP contribution in [0.4, 0.5) is 17.8 Å². The summed E-state index contributed by atoms with van der Waals surface area (Å²) in [6.45, 7) is 0.669. The molecule has 5 rings (SSSR count). The molecule has 4 heterocycles. The van der Waals surface area contributed by atoms with Gasteiger partial charge in [-0.3, -0.25) is 9.36 Å². The second-order valence-electron chi connectivity index (χ2n) is 6.99.